The summed E-state index contributed by atoms with van der Waals surface area (Å²) in [6.07, 6.45) is 28.7. The molecule has 0 atom stereocenters. The molecule has 4 aliphatic carbocycles. The number of hydrogen-bond acceptors (Lipinski definition) is 6. The molecule has 2 heterocycles. The fourth-order valence-electron chi connectivity index (χ4n) is 9.32. The fourth-order valence-corrected chi connectivity index (χ4v) is 9.32. The van der Waals surface area contributed by atoms with Gasteiger partial charge in [-0.3, -0.25) is 19.2 Å². The molecule has 4 amide bonds. The highest BCUT2D eigenvalue weighted by Gasteiger charge is 2.46. The maximum atomic E-state index is 15.5. The number of hydrogen-bond donors (Lipinski definition) is 0. The van der Waals surface area contributed by atoms with Crippen LogP contribution in [0.2, 0.25) is 0 Å². The second-order valence-electron chi connectivity index (χ2n) is 18.4. The summed E-state index contributed by atoms with van der Waals surface area (Å²) >= 11 is 0. The Morgan fingerprint density at radius 1 is 0.531 bits per heavy atom. The first-order valence-electron chi connectivity index (χ1n) is 22.4. The van der Waals surface area contributed by atoms with Crippen molar-refractivity contribution in [2.45, 2.75) is 91.3 Å². The van der Waals surface area contributed by atoms with Crippen molar-refractivity contribution in [3.05, 3.63) is 166 Å². The number of imide groups is 2. The van der Waals surface area contributed by atoms with E-state index in [1.807, 2.05) is 102 Å². The Morgan fingerprint density at radius 2 is 0.984 bits per heavy atom. The minimum Gasteiger partial charge on any atom is -0.487 e. The molecule has 4 aromatic carbocycles. The van der Waals surface area contributed by atoms with Gasteiger partial charge < -0.3 is 9.47 Å². The Morgan fingerprint density at radius 3 is 1.41 bits per heavy atom. The van der Waals surface area contributed by atoms with Gasteiger partial charge in [0.2, 0.25) is 0 Å². The average molecular weight is 847 g/mol. The number of ether oxygens (including phenoxy) is 2. The zero-order valence-corrected chi connectivity index (χ0v) is 37.1. The summed E-state index contributed by atoms with van der Waals surface area (Å²) in [5, 5.41) is 0.424. The van der Waals surface area contributed by atoms with E-state index in [0.29, 0.717) is 37.1 Å². The molecular formula is C56H50N2O6. The second kappa shape index (κ2) is 15.3. The molecule has 0 fully saturated rings. The van der Waals surface area contributed by atoms with Gasteiger partial charge in [0.15, 0.2) is 0 Å². The highest BCUT2D eigenvalue weighted by molar-refractivity contribution is 6.44. The van der Waals surface area contributed by atoms with Gasteiger partial charge in [-0.15, -0.1) is 0 Å². The third kappa shape index (κ3) is 6.66. The molecule has 2 aliphatic heterocycles. The number of rotatable bonds is 12. The molecule has 8 heteroatoms. The van der Waals surface area contributed by atoms with Crippen LogP contribution in [0.5, 0.6) is 11.5 Å². The number of benzene rings is 4. The zero-order chi connectivity index (χ0) is 44.7. The minimum atomic E-state index is -0.779. The van der Waals surface area contributed by atoms with Gasteiger partial charge in [-0.25, -0.2) is 9.80 Å². The molecule has 0 bridgehead atoms. The van der Waals surface area contributed by atoms with Crippen molar-refractivity contribution in [2.24, 2.45) is 0 Å². The Bertz CT molecular complexity index is 3050. The van der Waals surface area contributed by atoms with Crippen LogP contribution in [0.15, 0.2) is 121 Å². The van der Waals surface area contributed by atoms with E-state index in [9.17, 15) is 0 Å². The smallest absolute Gasteiger partial charge is 0.269 e. The van der Waals surface area contributed by atoms with Crippen LogP contribution >= 0.6 is 0 Å². The quantitative estimate of drug-likeness (QED) is 0.132. The van der Waals surface area contributed by atoms with Crippen LogP contribution in [0.4, 0.5) is 11.4 Å². The fraction of sp³-hybridized carbons (Fsp3) is 0.250. The lowest BCUT2D eigenvalue weighted by Crippen LogP contribution is -2.45. The lowest BCUT2D eigenvalue weighted by molar-refractivity contribution is 0.0832. The molecule has 0 aromatic heterocycles. The summed E-state index contributed by atoms with van der Waals surface area (Å²) in [7, 11) is 0. The van der Waals surface area contributed by atoms with Gasteiger partial charge in [-0.05, 0) is 136 Å². The van der Waals surface area contributed by atoms with Gasteiger partial charge in [-0.1, -0.05) is 98.9 Å². The summed E-state index contributed by atoms with van der Waals surface area (Å²) in [5.74, 6) is -2.05. The lowest BCUT2D eigenvalue weighted by Gasteiger charge is -2.37. The number of anilines is 2. The molecular weight excluding hydrogens is 797 g/mol. The average Bonchev–Trinajstić information content (AvgIpc) is 4.14. The van der Waals surface area contributed by atoms with E-state index in [4.69, 9.17) is 9.47 Å². The van der Waals surface area contributed by atoms with Crippen molar-refractivity contribution >= 4 is 68.1 Å². The Labute approximate surface area is 373 Å². The summed E-state index contributed by atoms with van der Waals surface area (Å²) < 4.78 is 13.6. The maximum absolute atomic E-state index is 15.5. The molecule has 0 saturated heterocycles. The lowest BCUT2D eigenvalue weighted by atomic mass is 9.83. The third-order valence-corrected chi connectivity index (χ3v) is 13.5. The highest BCUT2D eigenvalue weighted by Crippen LogP contribution is 2.50. The molecule has 64 heavy (non-hydrogen) atoms. The monoisotopic (exact) mass is 846 g/mol. The van der Waals surface area contributed by atoms with E-state index in [0.717, 1.165) is 57.4 Å². The Balaban J connectivity index is 1.22. The molecule has 0 spiro atoms. The standard InChI is InChI=1S/C56H50N2O6/c1-7-55(3,4)63-45-31-41-48-47-42(52(60)57(53(61)49(45)47)43-27-25-37(33-17-9-10-18-33)29-39(43)35-21-13-14-22-35)32-46(64-56(5,6)8-2)50(48)54(62)58(51(41)59)44-28-26-38(34-19-11-12-20-34)30-40(44)36-23-15-16-24-36/h9-11,13-17,19-21,23,25-32H,7-8,12,18,22,24H2,1-6H3. The van der Waals surface area contributed by atoms with E-state index in [1.165, 1.54) is 9.80 Å². The van der Waals surface area contributed by atoms with Gasteiger partial charge >= 0.3 is 0 Å². The van der Waals surface area contributed by atoms with Crippen molar-refractivity contribution in [1.82, 2.24) is 0 Å². The first-order valence-corrected chi connectivity index (χ1v) is 22.4. The van der Waals surface area contributed by atoms with E-state index < -0.39 is 34.8 Å². The first-order chi connectivity index (χ1) is 30.8. The normalized spacial score (nSPS) is 17.6. The van der Waals surface area contributed by atoms with E-state index >= 15 is 19.2 Å². The predicted octanol–water partition coefficient (Wildman–Crippen LogP) is 12.9. The SMILES string of the molecule is CCC(C)(C)Oc1cc2c3c(c(OC(C)(C)CC)cc4c3c1C(=O)N(c1ccc(C3=CCC=C3)cc1C1=CC=CC1)C4=O)C(=O)N(c1ccc(C3=CC=CC3)cc1C1=CC=CC1)C2=O. The zero-order valence-electron chi connectivity index (χ0n) is 37.1. The van der Waals surface area contributed by atoms with Gasteiger partial charge in [0.1, 0.15) is 22.7 Å². The highest BCUT2D eigenvalue weighted by atomic mass is 16.5. The maximum Gasteiger partial charge on any atom is 0.269 e. The predicted molar refractivity (Wildman–Crippen MR) is 256 cm³/mol. The van der Waals surface area contributed by atoms with Crippen LogP contribution in [0.25, 0.3) is 33.1 Å². The first kappa shape index (κ1) is 41.0. The summed E-state index contributed by atoms with van der Waals surface area (Å²) in [5.41, 5.74) is 7.51. The largest absolute Gasteiger partial charge is 0.487 e. The van der Waals surface area contributed by atoms with Gasteiger partial charge in [0.25, 0.3) is 23.6 Å². The molecule has 4 aromatic rings. The third-order valence-electron chi connectivity index (χ3n) is 13.5. The molecule has 0 N–H and O–H groups in total. The van der Waals surface area contributed by atoms with Crippen molar-refractivity contribution in [2.75, 3.05) is 9.80 Å². The van der Waals surface area contributed by atoms with Crippen LogP contribution in [-0.2, 0) is 0 Å². The molecule has 320 valence electrons. The van der Waals surface area contributed by atoms with Crippen LogP contribution < -0.4 is 19.3 Å². The Kier molecular flexibility index (Phi) is 9.82. The molecule has 0 radical (unpaired) electrons. The van der Waals surface area contributed by atoms with E-state index in [1.54, 1.807) is 12.1 Å². The number of carbonyl (C=O) groups excluding carboxylic acids is 4. The van der Waals surface area contributed by atoms with Crippen LogP contribution in [-0.4, -0.2) is 34.8 Å². The van der Waals surface area contributed by atoms with Gasteiger partial charge in [0.05, 0.1) is 33.6 Å². The van der Waals surface area contributed by atoms with Crippen LogP contribution in [0.3, 0.4) is 0 Å². The summed E-state index contributed by atoms with van der Waals surface area (Å²) in [4.78, 5) is 64.4. The van der Waals surface area contributed by atoms with Crippen molar-refractivity contribution in [3.63, 3.8) is 0 Å². The van der Waals surface area contributed by atoms with E-state index in [2.05, 4.69) is 48.6 Å². The summed E-state index contributed by atoms with van der Waals surface area (Å²) in [6.45, 7) is 11.7. The van der Waals surface area contributed by atoms with Crippen molar-refractivity contribution < 1.29 is 28.7 Å². The van der Waals surface area contributed by atoms with E-state index in [-0.39, 0.29) is 44.5 Å². The number of amides is 4. The molecule has 10 rings (SSSR count). The van der Waals surface area contributed by atoms with Crippen LogP contribution in [0.1, 0.15) is 144 Å². The summed E-state index contributed by atoms with van der Waals surface area (Å²) in [6, 6.07) is 14.9. The molecule has 0 unspecified atom stereocenters. The number of allylic oxidation sites excluding steroid dienone is 16. The van der Waals surface area contributed by atoms with Crippen LogP contribution in [0, 0.1) is 0 Å². The minimum absolute atomic E-state index is 0.118. The number of nitrogens with zero attached hydrogens (tertiary/aromatic N) is 2. The number of carbonyl (C=O) groups is 4. The van der Waals surface area contributed by atoms with Crippen molar-refractivity contribution in [1.29, 1.82) is 0 Å². The topological polar surface area (TPSA) is 93.2 Å². The molecule has 6 aliphatic rings. The van der Waals surface area contributed by atoms with Crippen molar-refractivity contribution in [3.8, 4) is 11.5 Å². The molecule has 0 saturated carbocycles. The molecule has 8 nitrogen and oxygen atoms in total. The Hall–Kier alpha value is -7.06. The second-order valence-corrected chi connectivity index (χ2v) is 18.4. The van der Waals surface area contributed by atoms with Gasteiger partial charge in [0, 0.05) is 21.9 Å². The van der Waals surface area contributed by atoms with Gasteiger partial charge in [-0.2, -0.15) is 0 Å².